The van der Waals surface area contributed by atoms with Crippen molar-refractivity contribution in [1.82, 2.24) is 4.98 Å². The number of anilines is 1. The Morgan fingerprint density at radius 1 is 1.17 bits per heavy atom. The molecule has 0 saturated carbocycles. The molecule has 0 aliphatic carbocycles. The molecule has 0 spiro atoms. The van der Waals surface area contributed by atoms with E-state index in [0.29, 0.717) is 13.2 Å². The molecule has 0 fully saturated rings. The summed E-state index contributed by atoms with van der Waals surface area (Å²) in [6.45, 7) is 10.2. The first-order valence-electron chi connectivity index (χ1n) is 6.58. The van der Waals surface area contributed by atoms with Gasteiger partial charge in [0.05, 0.1) is 0 Å². The van der Waals surface area contributed by atoms with Crippen LogP contribution in [0.2, 0.25) is 0 Å². The lowest BCUT2D eigenvalue weighted by Gasteiger charge is -2.17. The van der Waals surface area contributed by atoms with E-state index in [1.54, 1.807) is 0 Å². The van der Waals surface area contributed by atoms with E-state index < -0.39 is 0 Å². The van der Waals surface area contributed by atoms with E-state index in [9.17, 15) is 0 Å². The van der Waals surface area contributed by atoms with Crippen molar-refractivity contribution >= 4 is 5.82 Å². The molecular weight excluding hydrogens is 228 g/mol. The maximum absolute atomic E-state index is 5.49. The predicted molar refractivity (Wildman–Crippen MR) is 73.9 cm³/mol. The van der Waals surface area contributed by atoms with Gasteiger partial charge in [0.25, 0.3) is 0 Å². The summed E-state index contributed by atoms with van der Waals surface area (Å²) >= 11 is 0. The number of hydrogen-bond acceptors (Lipinski definition) is 4. The lowest BCUT2D eigenvalue weighted by Crippen LogP contribution is -2.21. The minimum absolute atomic E-state index is 0.126. The number of pyridine rings is 1. The number of nitrogens with one attached hydrogen (secondary N) is 1. The average molecular weight is 252 g/mol. The molecule has 4 nitrogen and oxygen atoms in total. The van der Waals surface area contributed by atoms with Crippen LogP contribution in [0.25, 0.3) is 0 Å². The summed E-state index contributed by atoms with van der Waals surface area (Å²) in [5.41, 5.74) is 2.25. The molecular formula is C14H24N2O2. The minimum Gasteiger partial charge on any atom is -0.370 e. The molecule has 1 aromatic heterocycles. The molecule has 18 heavy (non-hydrogen) atoms. The first-order valence-corrected chi connectivity index (χ1v) is 6.58. The van der Waals surface area contributed by atoms with E-state index >= 15 is 0 Å². The summed E-state index contributed by atoms with van der Waals surface area (Å²) in [5.74, 6) is 0.916. The Bertz CT molecular complexity index is 329. The standard InChI is InChI=1S/C14H24N2O2/c1-5-17-14(18-6-2)7-8-15-13-10-11(3)9-12(4)16-13/h9-10,14H,5-8H2,1-4H3,(H,15,16). The van der Waals surface area contributed by atoms with E-state index in [-0.39, 0.29) is 6.29 Å². The van der Waals surface area contributed by atoms with Crippen LogP contribution >= 0.6 is 0 Å². The van der Waals surface area contributed by atoms with Crippen LogP contribution in [-0.4, -0.2) is 31.0 Å². The molecule has 102 valence electrons. The maximum Gasteiger partial charge on any atom is 0.159 e. The maximum atomic E-state index is 5.49. The van der Waals surface area contributed by atoms with Crippen molar-refractivity contribution in [1.29, 1.82) is 0 Å². The third-order valence-electron chi connectivity index (χ3n) is 2.49. The number of nitrogens with zero attached hydrogens (tertiary/aromatic N) is 1. The van der Waals surface area contributed by atoms with Crippen molar-refractivity contribution in [2.24, 2.45) is 0 Å². The lowest BCUT2D eigenvalue weighted by atomic mass is 10.2. The van der Waals surface area contributed by atoms with Crippen LogP contribution in [0.5, 0.6) is 0 Å². The van der Waals surface area contributed by atoms with Crippen LogP contribution < -0.4 is 5.32 Å². The van der Waals surface area contributed by atoms with Crippen molar-refractivity contribution in [3.05, 3.63) is 23.4 Å². The number of ether oxygens (including phenoxy) is 2. The zero-order valence-corrected chi connectivity index (χ0v) is 11.8. The number of hydrogen-bond donors (Lipinski definition) is 1. The summed E-state index contributed by atoms with van der Waals surface area (Å²) in [6, 6.07) is 4.11. The smallest absolute Gasteiger partial charge is 0.159 e. The molecule has 1 rings (SSSR count). The predicted octanol–water partition coefficient (Wildman–Crippen LogP) is 2.90. The van der Waals surface area contributed by atoms with Gasteiger partial charge in [-0.1, -0.05) is 0 Å². The number of aryl methyl sites for hydroxylation is 2. The van der Waals surface area contributed by atoms with Crippen LogP contribution in [0, 0.1) is 13.8 Å². The monoisotopic (exact) mass is 252 g/mol. The summed E-state index contributed by atoms with van der Waals surface area (Å²) in [5, 5.41) is 3.30. The Kier molecular flexibility index (Phi) is 6.68. The Hall–Kier alpha value is -1.13. The molecule has 0 bridgehead atoms. The Balaban J connectivity index is 2.39. The highest BCUT2D eigenvalue weighted by atomic mass is 16.7. The topological polar surface area (TPSA) is 43.4 Å². The van der Waals surface area contributed by atoms with E-state index in [4.69, 9.17) is 9.47 Å². The summed E-state index contributed by atoms with van der Waals surface area (Å²) in [7, 11) is 0. The summed E-state index contributed by atoms with van der Waals surface area (Å²) in [4.78, 5) is 4.43. The molecule has 0 amide bonds. The van der Waals surface area contributed by atoms with Crippen LogP contribution in [0.4, 0.5) is 5.82 Å². The quantitative estimate of drug-likeness (QED) is 0.722. The first-order chi connectivity index (χ1) is 8.65. The summed E-state index contributed by atoms with van der Waals surface area (Å²) < 4.78 is 11.0. The molecule has 0 atom stereocenters. The van der Waals surface area contributed by atoms with Crippen molar-refractivity contribution in [3.8, 4) is 0 Å². The van der Waals surface area contributed by atoms with Gasteiger partial charge >= 0.3 is 0 Å². The highest BCUT2D eigenvalue weighted by Crippen LogP contribution is 2.09. The van der Waals surface area contributed by atoms with Gasteiger partial charge in [-0.15, -0.1) is 0 Å². The third kappa shape index (κ3) is 5.47. The fourth-order valence-corrected chi connectivity index (χ4v) is 1.84. The highest BCUT2D eigenvalue weighted by molar-refractivity contribution is 5.38. The minimum atomic E-state index is -0.126. The zero-order chi connectivity index (χ0) is 13.4. The van der Waals surface area contributed by atoms with Gasteiger partial charge in [0.2, 0.25) is 0 Å². The van der Waals surface area contributed by atoms with E-state index in [0.717, 1.165) is 24.5 Å². The second-order valence-electron chi connectivity index (χ2n) is 4.23. The summed E-state index contributed by atoms with van der Waals surface area (Å²) in [6.07, 6.45) is 0.689. The number of aromatic nitrogens is 1. The van der Waals surface area contributed by atoms with E-state index in [1.807, 2.05) is 26.8 Å². The van der Waals surface area contributed by atoms with Gasteiger partial charge < -0.3 is 14.8 Å². The molecule has 1 N–H and O–H groups in total. The normalized spacial score (nSPS) is 10.9. The lowest BCUT2D eigenvalue weighted by molar-refractivity contribution is -0.137. The van der Waals surface area contributed by atoms with Crippen molar-refractivity contribution in [2.45, 2.75) is 40.4 Å². The van der Waals surface area contributed by atoms with Gasteiger partial charge in [-0.2, -0.15) is 0 Å². The van der Waals surface area contributed by atoms with Gasteiger partial charge in [0.1, 0.15) is 5.82 Å². The first kappa shape index (κ1) is 14.9. The van der Waals surface area contributed by atoms with Crippen LogP contribution in [0.1, 0.15) is 31.5 Å². The molecule has 0 aliphatic rings. The Morgan fingerprint density at radius 3 is 2.39 bits per heavy atom. The molecule has 0 unspecified atom stereocenters. The molecule has 0 aliphatic heterocycles. The average Bonchev–Trinajstić information content (AvgIpc) is 2.28. The molecule has 0 aromatic carbocycles. The van der Waals surface area contributed by atoms with Gasteiger partial charge in [-0.3, -0.25) is 0 Å². The molecule has 0 saturated heterocycles. The Morgan fingerprint density at radius 2 is 1.83 bits per heavy atom. The van der Waals surface area contributed by atoms with Crippen molar-refractivity contribution in [2.75, 3.05) is 25.1 Å². The third-order valence-corrected chi connectivity index (χ3v) is 2.49. The van der Waals surface area contributed by atoms with Crippen molar-refractivity contribution in [3.63, 3.8) is 0 Å². The van der Waals surface area contributed by atoms with Gasteiger partial charge in [-0.25, -0.2) is 4.98 Å². The van der Waals surface area contributed by atoms with Gasteiger partial charge in [0.15, 0.2) is 6.29 Å². The Labute approximate surface area is 110 Å². The fraction of sp³-hybridized carbons (Fsp3) is 0.643. The van der Waals surface area contributed by atoms with Crippen molar-refractivity contribution < 1.29 is 9.47 Å². The second kappa shape index (κ2) is 8.06. The second-order valence-corrected chi connectivity index (χ2v) is 4.23. The number of rotatable bonds is 8. The molecule has 0 radical (unpaired) electrons. The van der Waals surface area contributed by atoms with E-state index in [2.05, 4.69) is 23.3 Å². The molecule has 1 aromatic rings. The fourth-order valence-electron chi connectivity index (χ4n) is 1.84. The largest absolute Gasteiger partial charge is 0.370 e. The van der Waals surface area contributed by atoms with E-state index in [1.165, 1.54) is 5.56 Å². The van der Waals surface area contributed by atoms with Crippen LogP contribution in [-0.2, 0) is 9.47 Å². The van der Waals surface area contributed by atoms with Gasteiger partial charge in [0, 0.05) is 31.9 Å². The van der Waals surface area contributed by atoms with Gasteiger partial charge in [-0.05, 0) is 45.4 Å². The van der Waals surface area contributed by atoms with Crippen LogP contribution in [0.3, 0.4) is 0 Å². The SMILES string of the molecule is CCOC(CCNc1cc(C)cc(C)n1)OCC. The molecule has 1 heterocycles. The molecule has 4 heteroatoms. The zero-order valence-electron chi connectivity index (χ0n) is 11.8. The highest BCUT2D eigenvalue weighted by Gasteiger charge is 2.07. The van der Waals surface area contributed by atoms with Crippen LogP contribution in [0.15, 0.2) is 12.1 Å².